The van der Waals surface area contributed by atoms with E-state index < -0.39 is 30.5 Å². The molecular weight excluding hydrogens is 440 g/mol. The van der Waals surface area contributed by atoms with Crippen molar-refractivity contribution >= 4 is 11.6 Å². The molecule has 0 aliphatic carbocycles. The van der Waals surface area contributed by atoms with E-state index in [0.29, 0.717) is 0 Å². The molecule has 0 bridgehead atoms. The predicted octanol–water partition coefficient (Wildman–Crippen LogP) is 5.52. The van der Waals surface area contributed by atoms with Crippen molar-refractivity contribution < 1.29 is 36.2 Å². The summed E-state index contributed by atoms with van der Waals surface area (Å²) in [4.78, 5) is 11.3. The monoisotopic (exact) mass is 449 g/mol. The maximum atomic E-state index is 12.7. The Balaban J connectivity index is 2.04. The maximum Gasteiger partial charge on any atom is 0.422 e. The molecule has 0 saturated carbocycles. The van der Waals surface area contributed by atoms with E-state index in [-0.39, 0.29) is 33.5 Å². The summed E-state index contributed by atoms with van der Waals surface area (Å²) < 4.78 is 80.5. The zero-order valence-electron chi connectivity index (χ0n) is 14.6. The highest BCUT2D eigenvalue weighted by molar-refractivity contribution is 6.33. The van der Waals surface area contributed by atoms with Gasteiger partial charge in [0.15, 0.2) is 18.3 Å². The van der Waals surface area contributed by atoms with Crippen LogP contribution in [0.1, 0.15) is 5.56 Å². The molecule has 0 saturated heterocycles. The molecule has 5 nitrogen and oxygen atoms in total. The molecule has 3 rings (SSSR count). The molecule has 0 spiro atoms. The third-order valence-electron chi connectivity index (χ3n) is 3.68. The number of hydrogen-bond acceptors (Lipinski definition) is 5. The van der Waals surface area contributed by atoms with Crippen LogP contribution in [0.25, 0.3) is 22.8 Å². The van der Waals surface area contributed by atoms with E-state index in [1.807, 2.05) is 0 Å². The van der Waals surface area contributed by atoms with Crippen LogP contribution in [0.15, 0.2) is 42.5 Å². The number of nitrogens with zero attached hydrogens (tertiary/aromatic N) is 3. The van der Waals surface area contributed by atoms with Crippen LogP contribution in [-0.4, -0.2) is 32.8 Å². The van der Waals surface area contributed by atoms with E-state index in [9.17, 15) is 31.4 Å². The summed E-state index contributed by atoms with van der Waals surface area (Å²) >= 11 is 6.07. The van der Waals surface area contributed by atoms with Gasteiger partial charge in [0.2, 0.25) is 0 Å². The predicted molar refractivity (Wildman–Crippen MR) is 93.9 cm³/mol. The molecule has 3 aromatic rings. The Labute approximate surface area is 170 Å². The van der Waals surface area contributed by atoms with E-state index in [0.717, 1.165) is 24.3 Å². The number of alkyl halides is 6. The Morgan fingerprint density at radius 1 is 0.867 bits per heavy atom. The average molecular weight is 450 g/mol. The third-order valence-corrected chi connectivity index (χ3v) is 4.00. The Kier molecular flexibility index (Phi) is 5.75. The second-order valence-electron chi connectivity index (χ2n) is 5.87. The van der Waals surface area contributed by atoms with Gasteiger partial charge in [-0.3, -0.25) is 0 Å². The van der Waals surface area contributed by atoms with Crippen LogP contribution in [0.4, 0.5) is 26.3 Å². The Bertz CT molecular complexity index is 1060. The fourth-order valence-electron chi connectivity index (χ4n) is 2.42. The number of ether oxygens (including phenoxy) is 1. The first-order valence-corrected chi connectivity index (χ1v) is 8.43. The highest BCUT2D eigenvalue weighted by atomic mass is 35.5. The SMILES string of the molecule is Oc1nc(-c2ccc(C(F)(F)F)cc2)nc(-c2c(Cl)cccc2OCC(F)(F)F)n1. The normalized spacial score (nSPS) is 12.1. The minimum Gasteiger partial charge on any atom is -0.483 e. The molecule has 0 unspecified atom stereocenters. The lowest BCUT2D eigenvalue weighted by atomic mass is 10.1. The molecule has 0 aliphatic rings. The van der Waals surface area contributed by atoms with Gasteiger partial charge in [-0.25, -0.2) is 4.98 Å². The minimum absolute atomic E-state index is 0.0707. The maximum absolute atomic E-state index is 12.7. The van der Waals surface area contributed by atoms with Gasteiger partial charge in [-0.05, 0) is 24.3 Å². The molecule has 2 aromatic carbocycles. The average Bonchev–Trinajstić information content (AvgIpc) is 2.64. The topological polar surface area (TPSA) is 68.1 Å². The highest BCUT2D eigenvalue weighted by Gasteiger charge is 2.31. The molecule has 12 heteroatoms. The van der Waals surface area contributed by atoms with Gasteiger partial charge in [-0.1, -0.05) is 29.8 Å². The molecule has 0 fully saturated rings. The van der Waals surface area contributed by atoms with E-state index in [4.69, 9.17) is 16.3 Å². The summed E-state index contributed by atoms with van der Waals surface area (Å²) in [6.07, 6.45) is -9.17. The number of aromatic nitrogens is 3. The molecule has 0 radical (unpaired) electrons. The van der Waals surface area contributed by atoms with Crippen LogP contribution < -0.4 is 4.74 Å². The van der Waals surface area contributed by atoms with Crippen molar-refractivity contribution in [2.75, 3.05) is 6.61 Å². The molecule has 1 heterocycles. The second kappa shape index (κ2) is 7.98. The first-order valence-electron chi connectivity index (χ1n) is 8.05. The van der Waals surface area contributed by atoms with E-state index in [1.165, 1.54) is 18.2 Å². The molecular formula is C18H10ClF6N3O2. The lowest BCUT2D eigenvalue weighted by Crippen LogP contribution is -2.19. The fraction of sp³-hybridized carbons (Fsp3) is 0.167. The van der Waals surface area contributed by atoms with Crippen molar-refractivity contribution in [1.29, 1.82) is 0 Å². The molecule has 158 valence electrons. The summed E-state index contributed by atoms with van der Waals surface area (Å²) in [6, 6.07) is 6.82. The fourth-order valence-corrected chi connectivity index (χ4v) is 2.67. The summed E-state index contributed by atoms with van der Waals surface area (Å²) in [5, 5.41) is 9.76. The second-order valence-corrected chi connectivity index (χ2v) is 6.28. The van der Waals surface area contributed by atoms with Crippen molar-refractivity contribution in [3.8, 4) is 34.5 Å². The van der Waals surface area contributed by atoms with Crippen LogP contribution in [0, 0.1) is 0 Å². The molecule has 1 aromatic heterocycles. The van der Waals surface area contributed by atoms with Gasteiger partial charge in [-0.2, -0.15) is 36.3 Å². The highest BCUT2D eigenvalue weighted by Crippen LogP contribution is 2.37. The van der Waals surface area contributed by atoms with Crippen LogP contribution in [0.3, 0.4) is 0 Å². The van der Waals surface area contributed by atoms with Crippen LogP contribution in [-0.2, 0) is 6.18 Å². The third kappa shape index (κ3) is 5.09. The van der Waals surface area contributed by atoms with Gasteiger partial charge >= 0.3 is 18.4 Å². The van der Waals surface area contributed by atoms with Gasteiger partial charge in [0, 0.05) is 5.56 Å². The van der Waals surface area contributed by atoms with Gasteiger partial charge in [0.05, 0.1) is 16.1 Å². The zero-order valence-corrected chi connectivity index (χ0v) is 15.3. The number of rotatable bonds is 4. The first-order chi connectivity index (χ1) is 13.9. The minimum atomic E-state index is -4.62. The summed E-state index contributed by atoms with van der Waals surface area (Å²) in [7, 11) is 0. The van der Waals surface area contributed by atoms with Crippen molar-refractivity contribution in [2.45, 2.75) is 12.4 Å². The number of hydrogen-bond donors (Lipinski definition) is 1. The van der Waals surface area contributed by atoms with Crippen molar-refractivity contribution in [2.24, 2.45) is 0 Å². The number of halogens is 7. The standard InChI is InChI=1S/C18H10ClF6N3O2/c19-11-2-1-3-12(30-8-17(20,21)22)13(11)15-26-14(27-16(29)28-15)9-4-6-10(7-5-9)18(23,24)25/h1-7H,8H2,(H,26,27,28,29). The van der Waals surface area contributed by atoms with E-state index >= 15 is 0 Å². The summed E-state index contributed by atoms with van der Waals surface area (Å²) in [5.74, 6) is -0.836. The summed E-state index contributed by atoms with van der Waals surface area (Å²) in [6.45, 7) is -1.61. The Morgan fingerprint density at radius 2 is 1.50 bits per heavy atom. The molecule has 30 heavy (non-hydrogen) atoms. The van der Waals surface area contributed by atoms with Gasteiger partial charge < -0.3 is 9.84 Å². The largest absolute Gasteiger partial charge is 0.483 e. The molecule has 0 aliphatic heterocycles. The smallest absolute Gasteiger partial charge is 0.422 e. The Morgan fingerprint density at radius 3 is 2.10 bits per heavy atom. The van der Waals surface area contributed by atoms with Crippen molar-refractivity contribution in [3.63, 3.8) is 0 Å². The van der Waals surface area contributed by atoms with E-state index in [1.54, 1.807) is 0 Å². The number of aromatic hydroxyl groups is 1. The van der Waals surface area contributed by atoms with Crippen LogP contribution in [0.5, 0.6) is 11.8 Å². The van der Waals surface area contributed by atoms with Crippen molar-refractivity contribution in [3.05, 3.63) is 53.1 Å². The zero-order chi connectivity index (χ0) is 22.1. The quantitative estimate of drug-likeness (QED) is 0.531. The van der Waals surface area contributed by atoms with Crippen LogP contribution in [0.2, 0.25) is 5.02 Å². The number of benzene rings is 2. The van der Waals surface area contributed by atoms with Gasteiger partial charge in [0.25, 0.3) is 0 Å². The summed E-state index contributed by atoms with van der Waals surface area (Å²) in [5.41, 5.74) is -0.945. The lowest BCUT2D eigenvalue weighted by molar-refractivity contribution is -0.153. The molecule has 0 atom stereocenters. The van der Waals surface area contributed by atoms with Crippen molar-refractivity contribution in [1.82, 2.24) is 15.0 Å². The lowest BCUT2D eigenvalue weighted by Gasteiger charge is -2.14. The molecule has 1 N–H and O–H groups in total. The van der Waals surface area contributed by atoms with Gasteiger partial charge in [0.1, 0.15) is 5.75 Å². The van der Waals surface area contributed by atoms with E-state index in [2.05, 4.69) is 15.0 Å². The van der Waals surface area contributed by atoms with Crippen LogP contribution >= 0.6 is 11.6 Å². The molecule has 0 amide bonds. The first kappa shape index (κ1) is 21.6. The Hall–Kier alpha value is -3.08. The van der Waals surface area contributed by atoms with Gasteiger partial charge in [-0.15, -0.1) is 0 Å².